The normalized spacial score (nSPS) is 10.2. The van der Waals surface area contributed by atoms with Crippen LogP contribution in [0.4, 0.5) is 5.69 Å². The Bertz CT molecular complexity index is 949. The molecule has 1 aromatic heterocycles. The van der Waals surface area contributed by atoms with Gasteiger partial charge in [0.1, 0.15) is 5.75 Å². The number of hydrogen-bond acceptors (Lipinski definition) is 5. The SMILES string of the molecule is CNC(=O)c1ccccc1NC(=O)c1cc(-c2cccc(OC)c2)on1. The number of nitrogens with one attached hydrogen (secondary N) is 2. The van der Waals surface area contributed by atoms with Crippen LogP contribution in [0.3, 0.4) is 0 Å². The Hall–Kier alpha value is -3.61. The third kappa shape index (κ3) is 3.56. The predicted molar refractivity (Wildman–Crippen MR) is 96.3 cm³/mol. The highest BCUT2D eigenvalue weighted by molar-refractivity contribution is 6.08. The van der Waals surface area contributed by atoms with Gasteiger partial charge >= 0.3 is 0 Å². The fourth-order valence-electron chi connectivity index (χ4n) is 2.41. The number of methoxy groups -OCH3 is 1. The molecule has 0 fully saturated rings. The van der Waals surface area contributed by atoms with Crippen molar-refractivity contribution in [3.63, 3.8) is 0 Å². The second-order valence-electron chi connectivity index (χ2n) is 5.39. The third-order valence-electron chi connectivity index (χ3n) is 3.74. The van der Waals surface area contributed by atoms with Crippen molar-refractivity contribution in [2.45, 2.75) is 0 Å². The average Bonchev–Trinajstić information content (AvgIpc) is 3.18. The summed E-state index contributed by atoms with van der Waals surface area (Å²) in [6.45, 7) is 0. The highest BCUT2D eigenvalue weighted by Gasteiger charge is 2.17. The number of ether oxygens (including phenoxy) is 1. The summed E-state index contributed by atoms with van der Waals surface area (Å²) in [6.07, 6.45) is 0. The van der Waals surface area contributed by atoms with Crippen LogP contribution in [-0.4, -0.2) is 31.1 Å². The number of carbonyl (C=O) groups is 2. The summed E-state index contributed by atoms with van der Waals surface area (Å²) in [4.78, 5) is 24.3. The van der Waals surface area contributed by atoms with E-state index in [2.05, 4.69) is 15.8 Å². The van der Waals surface area contributed by atoms with E-state index in [0.717, 1.165) is 5.56 Å². The summed E-state index contributed by atoms with van der Waals surface area (Å²) in [5.41, 5.74) is 1.60. The molecule has 26 heavy (non-hydrogen) atoms. The quantitative estimate of drug-likeness (QED) is 0.737. The van der Waals surface area contributed by atoms with Gasteiger partial charge in [0.15, 0.2) is 11.5 Å². The van der Waals surface area contributed by atoms with Crippen LogP contribution in [0.2, 0.25) is 0 Å². The minimum atomic E-state index is -0.473. The molecule has 0 saturated carbocycles. The highest BCUT2D eigenvalue weighted by Crippen LogP contribution is 2.25. The maximum Gasteiger partial charge on any atom is 0.277 e. The van der Waals surface area contributed by atoms with Gasteiger partial charge in [-0.2, -0.15) is 0 Å². The Kier molecular flexibility index (Phi) is 4.98. The zero-order valence-electron chi connectivity index (χ0n) is 14.3. The van der Waals surface area contributed by atoms with E-state index < -0.39 is 5.91 Å². The molecule has 0 unspecified atom stereocenters. The molecule has 0 bridgehead atoms. The number of para-hydroxylation sites is 1. The Morgan fingerprint density at radius 1 is 1.04 bits per heavy atom. The van der Waals surface area contributed by atoms with Crippen molar-refractivity contribution in [1.29, 1.82) is 0 Å². The van der Waals surface area contributed by atoms with Crippen molar-refractivity contribution in [2.24, 2.45) is 0 Å². The Morgan fingerprint density at radius 2 is 1.85 bits per heavy atom. The minimum absolute atomic E-state index is 0.106. The number of amides is 2. The van der Waals surface area contributed by atoms with Crippen LogP contribution in [0.1, 0.15) is 20.8 Å². The van der Waals surface area contributed by atoms with E-state index in [-0.39, 0.29) is 11.6 Å². The van der Waals surface area contributed by atoms with Gasteiger partial charge in [0.25, 0.3) is 11.8 Å². The zero-order valence-corrected chi connectivity index (χ0v) is 14.3. The smallest absolute Gasteiger partial charge is 0.277 e. The first kappa shape index (κ1) is 17.2. The lowest BCUT2D eigenvalue weighted by molar-refractivity contribution is 0.0964. The molecule has 0 atom stereocenters. The standard InChI is InChI=1S/C19H17N3O4/c1-20-18(23)14-8-3-4-9-15(14)21-19(24)16-11-17(26-22-16)12-6-5-7-13(10-12)25-2/h3-11H,1-2H3,(H,20,23)(H,21,24). The first-order valence-corrected chi connectivity index (χ1v) is 7.86. The number of carbonyl (C=O) groups excluding carboxylic acids is 2. The van der Waals surface area contributed by atoms with Crippen molar-refractivity contribution in [3.05, 3.63) is 65.9 Å². The maximum absolute atomic E-state index is 12.5. The Morgan fingerprint density at radius 3 is 2.62 bits per heavy atom. The molecule has 2 N–H and O–H groups in total. The molecule has 3 rings (SSSR count). The van der Waals surface area contributed by atoms with E-state index in [1.807, 2.05) is 18.2 Å². The molecule has 0 saturated heterocycles. The lowest BCUT2D eigenvalue weighted by atomic mass is 10.1. The number of aromatic nitrogens is 1. The Labute approximate surface area is 150 Å². The lowest BCUT2D eigenvalue weighted by Gasteiger charge is -2.08. The van der Waals surface area contributed by atoms with E-state index in [9.17, 15) is 9.59 Å². The number of benzene rings is 2. The van der Waals surface area contributed by atoms with Crippen LogP contribution in [-0.2, 0) is 0 Å². The third-order valence-corrected chi connectivity index (χ3v) is 3.74. The van der Waals surface area contributed by atoms with E-state index in [1.165, 1.54) is 13.1 Å². The van der Waals surface area contributed by atoms with Gasteiger partial charge in [-0.1, -0.05) is 29.4 Å². The van der Waals surface area contributed by atoms with Crippen LogP contribution < -0.4 is 15.4 Å². The molecular formula is C19H17N3O4. The van der Waals surface area contributed by atoms with E-state index >= 15 is 0 Å². The number of anilines is 1. The molecule has 0 aliphatic carbocycles. The summed E-state index contributed by atoms with van der Waals surface area (Å²) in [7, 11) is 3.10. The fourth-order valence-corrected chi connectivity index (χ4v) is 2.41. The molecule has 0 spiro atoms. The molecular weight excluding hydrogens is 334 g/mol. The van der Waals surface area contributed by atoms with Gasteiger partial charge in [-0.15, -0.1) is 0 Å². The zero-order chi connectivity index (χ0) is 18.5. The fraction of sp³-hybridized carbons (Fsp3) is 0.105. The predicted octanol–water partition coefficient (Wildman–Crippen LogP) is 2.96. The van der Waals surface area contributed by atoms with E-state index in [1.54, 1.807) is 37.4 Å². The molecule has 3 aromatic rings. The van der Waals surface area contributed by atoms with Crippen molar-refractivity contribution >= 4 is 17.5 Å². The summed E-state index contributed by atoms with van der Waals surface area (Å²) >= 11 is 0. The van der Waals surface area contributed by atoms with Crippen LogP contribution in [0, 0.1) is 0 Å². The summed E-state index contributed by atoms with van der Waals surface area (Å²) in [5, 5.41) is 9.03. The monoisotopic (exact) mass is 351 g/mol. The van der Waals surface area contributed by atoms with Crippen LogP contribution >= 0.6 is 0 Å². The molecule has 2 aromatic carbocycles. The first-order valence-electron chi connectivity index (χ1n) is 7.86. The average molecular weight is 351 g/mol. The molecule has 132 valence electrons. The largest absolute Gasteiger partial charge is 0.497 e. The number of hydrogen-bond donors (Lipinski definition) is 2. The van der Waals surface area contributed by atoms with Crippen molar-refractivity contribution in [1.82, 2.24) is 10.5 Å². The topological polar surface area (TPSA) is 93.5 Å². The van der Waals surface area contributed by atoms with Crippen molar-refractivity contribution < 1.29 is 18.8 Å². The van der Waals surface area contributed by atoms with Crippen molar-refractivity contribution in [3.8, 4) is 17.1 Å². The van der Waals surface area contributed by atoms with Gasteiger partial charge in [0.05, 0.1) is 18.4 Å². The number of nitrogens with zero attached hydrogens (tertiary/aromatic N) is 1. The van der Waals surface area contributed by atoms with Crippen LogP contribution in [0.15, 0.2) is 59.1 Å². The van der Waals surface area contributed by atoms with Gasteiger partial charge in [-0.05, 0) is 24.3 Å². The van der Waals surface area contributed by atoms with Crippen LogP contribution in [0.25, 0.3) is 11.3 Å². The van der Waals surface area contributed by atoms with E-state index in [4.69, 9.17) is 9.26 Å². The maximum atomic E-state index is 12.5. The minimum Gasteiger partial charge on any atom is -0.497 e. The molecule has 0 aliphatic heterocycles. The van der Waals surface area contributed by atoms with Gasteiger partial charge in [0.2, 0.25) is 0 Å². The second kappa shape index (κ2) is 7.52. The summed E-state index contributed by atoms with van der Waals surface area (Å²) in [6, 6.07) is 15.5. The molecule has 1 heterocycles. The molecule has 7 heteroatoms. The van der Waals surface area contributed by atoms with E-state index in [0.29, 0.717) is 22.8 Å². The first-order chi connectivity index (χ1) is 12.6. The van der Waals surface area contributed by atoms with Crippen LogP contribution in [0.5, 0.6) is 5.75 Å². The summed E-state index contributed by atoms with van der Waals surface area (Å²) < 4.78 is 10.4. The Balaban J connectivity index is 1.82. The number of rotatable bonds is 5. The van der Waals surface area contributed by atoms with Gasteiger partial charge in [-0.25, -0.2) is 0 Å². The molecule has 7 nitrogen and oxygen atoms in total. The summed E-state index contributed by atoms with van der Waals surface area (Å²) in [5.74, 6) is 0.343. The van der Waals surface area contributed by atoms with Crippen molar-refractivity contribution in [2.75, 3.05) is 19.5 Å². The molecule has 0 radical (unpaired) electrons. The van der Waals surface area contributed by atoms with Gasteiger partial charge < -0.3 is 19.9 Å². The molecule has 0 aliphatic rings. The van der Waals surface area contributed by atoms with Gasteiger partial charge in [-0.3, -0.25) is 9.59 Å². The molecule has 2 amide bonds. The highest BCUT2D eigenvalue weighted by atomic mass is 16.5. The lowest BCUT2D eigenvalue weighted by Crippen LogP contribution is -2.21. The second-order valence-corrected chi connectivity index (χ2v) is 5.39. The van der Waals surface area contributed by atoms with Gasteiger partial charge in [0, 0.05) is 18.7 Å².